The molecule has 0 saturated carbocycles. The fraction of sp³-hybridized carbons (Fsp3) is 0.417. The minimum Gasteiger partial charge on any atom is -0.507 e. The number of rotatable bonds is 4. The average molecular weight is 258 g/mol. The molecule has 0 aliphatic heterocycles. The Kier molecular flexibility index (Phi) is 4.37. The molecule has 1 aromatic rings. The SMILES string of the molecule is CCC(C)(CO)NC(=O)c1cc(Cl)ccc1O. The summed E-state index contributed by atoms with van der Waals surface area (Å²) in [6, 6.07) is 4.25. The zero-order valence-electron chi connectivity index (χ0n) is 9.83. The van der Waals surface area contributed by atoms with Gasteiger partial charge in [0.25, 0.3) is 5.91 Å². The first kappa shape index (κ1) is 13.8. The molecule has 4 nitrogen and oxygen atoms in total. The van der Waals surface area contributed by atoms with E-state index in [1.807, 2.05) is 6.92 Å². The molecule has 0 bridgehead atoms. The first-order valence-electron chi connectivity index (χ1n) is 5.34. The summed E-state index contributed by atoms with van der Waals surface area (Å²) in [6.07, 6.45) is 0.580. The number of aromatic hydroxyl groups is 1. The van der Waals surface area contributed by atoms with Crippen molar-refractivity contribution in [2.75, 3.05) is 6.61 Å². The van der Waals surface area contributed by atoms with E-state index in [9.17, 15) is 15.0 Å². The van der Waals surface area contributed by atoms with Crippen molar-refractivity contribution in [2.24, 2.45) is 0 Å². The Hall–Kier alpha value is -1.26. The second-order valence-corrected chi connectivity index (χ2v) is 4.62. The van der Waals surface area contributed by atoms with Crippen LogP contribution in [0, 0.1) is 0 Å². The van der Waals surface area contributed by atoms with Crippen LogP contribution in [0.2, 0.25) is 5.02 Å². The molecular formula is C12H16ClNO3. The number of hydrogen-bond donors (Lipinski definition) is 3. The minimum atomic E-state index is -0.703. The van der Waals surface area contributed by atoms with Gasteiger partial charge in [-0.1, -0.05) is 18.5 Å². The van der Waals surface area contributed by atoms with E-state index in [2.05, 4.69) is 5.32 Å². The predicted molar refractivity (Wildman–Crippen MR) is 66.4 cm³/mol. The van der Waals surface area contributed by atoms with Crippen LogP contribution in [0.5, 0.6) is 5.75 Å². The highest BCUT2D eigenvalue weighted by Gasteiger charge is 2.25. The lowest BCUT2D eigenvalue weighted by Gasteiger charge is -2.27. The Morgan fingerprint density at radius 1 is 1.53 bits per heavy atom. The first-order chi connectivity index (χ1) is 7.91. The van der Waals surface area contributed by atoms with Crippen molar-refractivity contribution < 1.29 is 15.0 Å². The number of halogens is 1. The number of benzene rings is 1. The van der Waals surface area contributed by atoms with E-state index in [1.165, 1.54) is 18.2 Å². The van der Waals surface area contributed by atoms with Crippen LogP contribution >= 0.6 is 11.6 Å². The van der Waals surface area contributed by atoms with Crippen LogP contribution in [0.3, 0.4) is 0 Å². The lowest BCUT2D eigenvalue weighted by Crippen LogP contribution is -2.48. The number of nitrogens with one attached hydrogen (secondary N) is 1. The van der Waals surface area contributed by atoms with Gasteiger partial charge in [0.1, 0.15) is 5.75 Å². The summed E-state index contributed by atoms with van der Waals surface area (Å²) >= 11 is 5.76. The highest BCUT2D eigenvalue weighted by atomic mass is 35.5. The highest BCUT2D eigenvalue weighted by molar-refractivity contribution is 6.31. The van der Waals surface area contributed by atoms with Crippen molar-refractivity contribution >= 4 is 17.5 Å². The molecule has 0 spiro atoms. The number of aliphatic hydroxyl groups excluding tert-OH is 1. The summed E-state index contributed by atoms with van der Waals surface area (Å²) in [6.45, 7) is 3.41. The molecule has 94 valence electrons. The van der Waals surface area contributed by atoms with Crippen molar-refractivity contribution in [2.45, 2.75) is 25.8 Å². The number of phenols is 1. The summed E-state index contributed by atoms with van der Waals surface area (Å²) < 4.78 is 0. The molecule has 0 aliphatic carbocycles. The molecule has 0 aromatic heterocycles. The molecule has 1 atom stereocenters. The molecule has 17 heavy (non-hydrogen) atoms. The highest BCUT2D eigenvalue weighted by Crippen LogP contribution is 2.22. The Morgan fingerprint density at radius 3 is 2.71 bits per heavy atom. The summed E-state index contributed by atoms with van der Waals surface area (Å²) in [4.78, 5) is 11.9. The average Bonchev–Trinajstić information content (AvgIpc) is 2.32. The number of carbonyl (C=O) groups excluding carboxylic acids is 1. The molecule has 1 rings (SSSR count). The third-order valence-corrected chi connectivity index (χ3v) is 2.98. The second-order valence-electron chi connectivity index (χ2n) is 4.19. The fourth-order valence-electron chi connectivity index (χ4n) is 1.27. The Bertz CT molecular complexity index is 416. The van der Waals surface area contributed by atoms with Gasteiger partial charge in [-0.25, -0.2) is 0 Å². The molecule has 0 aliphatic rings. The number of hydrogen-bond acceptors (Lipinski definition) is 3. The van der Waals surface area contributed by atoms with Crippen LogP contribution in [0.15, 0.2) is 18.2 Å². The molecular weight excluding hydrogens is 242 g/mol. The predicted octanol–water partition coefficient (Wildman–Crippen LogP) is 1.94. The van der Waals surface area contributed by atoms with Crippen molar-refractivity contribution in [3.05, 3.63) is 28.8 Å². The van der Waals surface area contributed by atoms with Gasteiger partial charge >= 0.3 is 0 Å². The van der Waals surface area contributed by atoms with E-state index in [0.29, 0.717) is 11.4 Å². The van der Waals surface area contributed by atoms with Gasteiger partial charge in [-0.05, 0) is 31.5 Å². The van der Waals surface area contributed by atoms with Crippen LogP contribution < -0.4 is 5.32 Å². The molecule has 1 aromatic carbocycles. The van der Waals surface area contributed by atoms with Gasteiger partial charge in [-0.2, -0.15) is 0 Å². The maximum Gasteiger partial charge on any atom is 0.255 e. The van der Waals surface area contributed by atoms with Gasteiger partial charge in [0.15, 0.2) is 0 Å². The second kappa shape index (κ2) is 5.38. The van der Waals surface area contributed by atoms with Crippen molar-refractivity contribution in [1.82, 2.24) is 5.32 Å². The van der Waals surface area contributed by atoms with E-state index in [0.717, 1.165) is 0 Å². The van der Waals surface area contributed by atoms with Gasteiger partial charge in [0.05, 0.1) is 17.7 Å². The molecule has 0 heterocycles. The maximum atomic E-state index is 11.9. The van der Waals surface area contributed by atoms with Gasteiger partial charge in [0, 0.05) is 5.02 Å². The summed E-state index contributed by atoms with van der Waals surface area (Å²) in [7, 11) is 0. The third kappa shape index (κ3) is 3.35. The summed E-state index contributed by atoms with van der Waals surface area (Å²) in [5.41, 5.74) is -0.600. The fourth-order valence-corrected chi connectivity index (χ4v) is 1.44. The Balaban J connectivity index is 2.94. The Labute approximate surface area is 105 Å². The molecule has 0 saturated heterocycles. The van der Waals surface area contributed by atoms with Gasteiger partial charge in [-0.15, -0.1) is 0 Å². The van der Waals surface area contributed by atoms with Crippen molar-refractivity contribution in [3.8, 4) is 5.75 Å². The van der Waals surface area contributed by atoms with Crippen LogP contribution in [0.1, 0.15) is 30.6 Å². The van der Waals surface area contributed by atoms with E-state index in [-0.39, 0.29) is 17.9 Å². The smallest absolute Gasteiger partial charge is 0.255 e. The monoisotopic (exact) mass is 257 g/mol. The van der Waals surface area contributed by atoms with Crippen LogP contribution in [-0.2, 0) is 0 Å². The number of phenolic OH excluding ortho intramolecular Hbond substituents is 1. The zero-order chi connectivity index (χ0) is 13.1. The third-order valence-electron chi connectivity index (χ3n) is 2.75. The molecule has 5 heteroatoms. The summed E-state index contributed by atoms with van der Waals surface area (Å²) in [5.74, 6) is -0.591. The largest absolute Gasteiger partial charge is 0.507 e. The van der Waals surface area contributed by atoms with E-state index in [1.54, 1.807) is 6.92 Å². The van der Waals surface area contributed by atoms with Crippen LogP contribution in [0.25, 0.3) is 0 Å². The number of amides is 1. The molecule has 1 amide bonds. The van der Waals surface area contributed by atoms with E-state index in [4.69, 9.17) is 11.6 Å². The topological polar surface area (TPSA) is 69.6 Å². The van der Waals surface area contributed by atoms with Gasteiger partial charge < -0.3 is 15.5 Å². The van der Waals surface area contributed by atoms with Gasteiger partial charge in [0.2, 0.25) is 0 Å². The van der Waals surface area contributed by atoms with Crippen LogP contribution in [-0.4, -0.2) is 28.3 Å². The molecule has 0 radical (unpaired) electrons. The van der Waals surface area contributed by atoms with Gasteiger partial charge in [-0.3, -0.25) is 4.79 Å². The lowest BCUT2D eigenvalue weighted by molar-refractivity contribution is 0.0845. The maximum absolute atomic E-state index is 11.9. The zero-order valence-corrected chi connectivity index (χ0v) is 10.6. The van der Waals surface area contributed by atoms with Crippen LogP contribution in [0.4, 0.5) is 0 Å². The normalized spacial score (nSPS) is 14.1. The molecule has 3 N–H and O–H groups in total. The summed E-state index contributed by atoms with van der Waals surface area (Å²) in [5, 5.41) is 21.8. The standard InChI is InChI=1S/C12H16ClNO3/c1-3-12(2,7-15)14-11(17)9-6-8(13)4-5-10(9)16/h4-6,15-16H,3,7H2,1-2H3,(H,14,17). The Morgan fingerprint density at radius 2 is 2.18 bits per heavy atom. The quantitative estimate of drug-likeness (QED) is 0.772. The number of carbonyl (C=O) groups is 1. The number of aliphatic hydroxyl groups is 1. The lowest BCUT2D eigenvalue weighted by atomic mass is 9.99. The first-order valence-corrected chi connectivity index (χ1v) is 5.71. The van der Waals surface area contributed by atoms with Crippen molar-refractivity contribution in [1.29, 1.82) is 0 Å². The minimum absolute atomic E-state index is 0.102. The van der Waals surface area contributed by atoms with E-state index < -0.39 is 11.4 Å². The van der Waals surface area contributed by atoms with E-state index >= 15 is 0 Å². The molecule has 0 fully saturated rings. The van der Waals surface area contributed by atoms with Crippen molar-refractivity contribution in [3.63, 3.8) is 0 Å². The molecule has 1 unspecified atom stereocenters.